The number of hydrogen-bond donors (Lipinski definition) is 2. The topological polar surface area (TPSA) is 87.6 Å². The first kappa shape index (κ1) is 19.3. The first-order chi connectivity index (χ1) is 13.4. The second-order valence-corrected chi connectivity index (χ2v) is 7.80. The second-order valence-electron chi connectivity index (χ2n) is 6.05. The summed E-state index contributed by atoms with van der Waals surface area (Å²) in [4.78, 5) is 12.7. The number of benzene rings is 3. The minimum atomic E-state index is -3.52. The summed E-state index contributed by atoms with van der Waals surface area (Å²) in [5.41, 5.74) is 5.20. The van der Waals surface area contributed by atoms with Gasteiger partial charge in [0.25, 0.3) is 5.91 Å². The normalized spacial score (nSPS) is 10.8. The number of anilines is 1. The summed E-state index contributed by atoms with van der Waals surface area (Å²) in [5.74, 6) is -0.517. The molecule has 0 saturated carbocycles. The van der Waals surface area contributed by atoms with E-state index >= 15 is 0 Å². The van der Waals surface area contributed by atoms with Crippen molar-refractivity contribution < 1.29 is 13.2 Å². The molecule has 3 aromatic carbocycles. The summed E-state index contributed by atoms with van der Waals surface area (Å²) in [5, 5.41) is 4.32. The molecule has 0 saturated heterocycles. The van der Waals surface area contributed by atoms with Crippen molar-refractivity contribution in [3.8, 4) is 0 Å². The molecule has 0 spiro atoms. The highest BCUT2D eigenvalue weighted by Gasteiger charge is 2.14. The molecule has 7 heteroatoms. The van der Waals surface area contributed by atoms with Crippen LogP contribution in [0.2, 0.25) is 0 Å². The molecule has 1 amide bonds. The SMILES string of the molecule is CS(=O)(=O)Nc1ccccc1C(=O)NN=C(c1ccccc1)c1ccccc1. The molecule has 3 aromatic rings. The quantitative estimate of drug-likeness (QED) is 0.498. The minimum absolute atomic E-state index is 0.178. The average molecular weight is 393 g/mol. The third kappa shape index (κ3) is 5.05. The molecule has 2 N–H and O–H groups in total. The van der Waals surface area contributed by atoms with Crippen molar-refractivity contribution in [2.24, 2.45) is 5.10 Å². The van der Waals surface area contributed by atoms with Gasteiger partial charge in [-0.15, -0.1) is 0 Å². The number of hydrogen-bond acceptors (Lipinski definition) is 4. The van der Waals surface area contributed by atoms with Crippen molar-refractivity contribution in [1.29, 1.82) is 0 Å². The number of sulfonamides is 1. The largest absolute Gasteiger partial charge is 0.283 e. The van der Waals surface area contributed by atoms with Crippen molar-refractivity contribution in [3.63, 3.8) is 0 Å². The zero-order chi connectivity index (χ0) is 20.0. The lowest BCUT2D eigenvalue weighted by molar-refractivity contribution is 0.0956. The van der Waals surface area contributed by atoms with E-state index in [1.54, 1.807) is 12.1 Å². The highest BCUT2D eigenvalue weighted by Crippen LogP contribution is 2.16. The maximum atomic E-state index is 12.7. The molecule has 28 heavy (non-hydrogen) atoms. The van der Waals surface area contributed by atoms with Crippen LogP contribution in [0.25, 0.3) is 0 Å². The Morgan fingerprint density at radius 1 is 0.786 bits per heavy atom. The first-order valence-electron chi connectivity index (χ1n) is 8.50. The number of hydrazone groups is 1. The highest BCUT2D eigenvalue weighted by atomic mass is 32.2. The van der Waals surface area contributed by atoms with Crippen LogP contribution >= 0.6 is 0 Å². The standard InChI is InChI=1S/C21H19N3O3S/c1-28(26,27)24-19-15-9-8-14-18(19)21(25)23-22-20(16-10-4-2-5-11-16)17-12-6-3-7-13-17/h2-15,24H,1H3,(H,23,25). The van der Waals surface area contributed by atoms with Gasteiger partial charge < -0.3 is 0 Å². The molecule has 0 bridgehead atoms. The lowest BCUT2D eigenvalue weighted by Crippen LogP contribution is -2.22. The van der Waals surface area contributed by atoms with Gasteiger partial charge in [-0.2, -0.15) is 5.10 Å². The molecule has 0 heterocycles. The fraction of sp³-hybridized carbons (Fsp3) is 0.0476. The lowest BCUT2D eigenvalue weighted by atomic mass is 10.0. The van der Waals surface area contributed by atoms with E-state index in [0.29, 0.717) is 5.71 Å². The van der Waals surface area contributed by atoms with Gasteiger partial charge >= 0.3 is 0 Å². The molecular weight excluding hydrogens is 374 g/mol. The monoisotopic (exact) mass is 393 g/mol. The first-order valence-corrected chi connectivity index (χ1v) is 10.4. The van der Waals surface area contributed by atoms with Crippen molar-refractivity contribution in [2.45, 2.75) is 0 Å². The Hall–Kier alpha value is -3.45. The van der Waals surface area contributed by atoms with Gasteiger partial charge in [0, 0.05) is 11.1 Å². The van der Waals surface area contributed by atoms with Crippen molar-refractivity contribution in [3.05, 3.63) is 102 Å². The summed E-state index contributed by atoms with van der Waals surface area (Å²) in [6, 6.07) is 25.3. The van der Waals surface area contributed by atoms with Crippen LogP contribution in [0.1, 0.15) is 21.5 Å². The van der Waals surface area contributed by atoms with Crippen molar-refractivity contribution in [2.75, 3.05) is 11.0 Å². The van der Waals surface area contributed by atoms with E-state index in [-0.39, 0.29) is 11.3 Å². The molecule has 0 unspecified atom stereocenters. The highest BCUT2D eigenvalue weighted by molar-refractivity contribution is 7.92. The lowest BCUT2D eigenvalue weighted by Gasteiger charge is -2.11. The summed E-state index contributed by atoms with van der Waals surface area (Å²) in [7, 11) is -3.52. The van der Waals surface area contributed by atoms with Gasteiger partial charge in [-0.1, -0.05) is 72.8 Å². The molecule has 0 fully saturated rings. The van der Waals surface area contributed by atoms with E-state index in [0.717, 1.165) is 17.4 Å². The van der Waals surface area contributed by atoms with Crippen LogP contribution in [0.5, 0.6) is 0 Å². The fourth-order valence-electron chi connectivity index (χ4n) is 2.62. The minimum Gasteiger partial charge on any atom is -0.283 e. The zero-order valence-electron chi connectivity index (χ0n) is 15.2. The molecule has 0 aromatic heterocycles. The predicted molar refractivity (Wildman–Crippen MR) is 111 cm³/mol. The Morgan fingerprint density at radius 2 is 1.29 bits per heavy atom. The number of para-hydroxylation sites is 1. The number of carbonyl (C=O) groups excluding carboxylic acids is 1. The molecule has 0 radical (unpaired) electrons. The summed E-state index contributed by atoms with van der Waals surface area (Å²) in [6.07, 6.45) is 1.03. The van der Waals surface area contributed by atoms with Gasteiger partial charge in [0.1, 0.15) is 0 Å². The van der Waals surface area contributed by atoms with Crippen LogP contribution in [-0.4, -0.2) is 26.3 Å². The Balaban J connectivity index is 1.93. The van der Waals surface area contributed by atoms with Crippen LogP contribution in [0.15, 0.2) is 90.0 Å². The van der Waals surface area contributed by atoms with E-state index in [4.69, 9.17) is 0 Å². The van der Waals surface area contributed by atoms with Gasteiger partial charge in [0.15, 0.2) is 0 Å². The van der Waals surface area contributed by atoms with Crippen LogP contribution in [0.3, 0.4) is 0 Å². The Labute approximate surface area is 164 Å². The molecule has 6 nitrogen and oxygen atoms in total. The van der Waals surface area contributed by atoms with E-state index in [9.17, 15) is 13.2 Å². The van der Waals surface area contributed by atoms with Gasteiger partial charge in [0.2, 0.25) is 10.0 Å². The fourth-order valence-corrected chi connectivity index (χ4v) is 3.20. The van der Waals surface area contributed by atoms with Gasteiger partial charge in [-0.3, -0.25) is 9.52 Å². The van der Waals surface area contributed by atoms with E-state index in [1.807, 2.05) is 60.7 Å². The number of carbonyl (C=O) groups is 1. The van der Waals surface area contributed by atoms with Crippen LogP contribution in [0.4, 0.5) is 5.69 Å². The average Bonchev–Trinajstić information content (AvgIpc) is 2.69. The van der Waals surface area contributed by atoms with Gasteiger partial charge in [-0.05, 0) is 12.1 Å². The summed E-state index contributed by atoms with van der Waals surface area (Å²) < 4.78 is 25.4. The van der Waals surface area contributed by atoms with E-state index in [2.05, 4.69) is 15.2 Å². The van der Waals surface area contributed by atoms with E-state index < -0.39 is 15.9 Å². The van der Waals surface area contributed by atoms with Gasteiger partial charge in [-0.25, -0.2) is 13.8 Å². The van der Waals surface area contributed by atoms with Crippen LogP contribution < -0.4 is 10.1 Å². The third-order valence-electron chi connectivity index (χ3n) is 3.83. The van der Waals surface area contributed by atoms with Crippen molar-refractivity contribution >= 4 is 27.3 Å². The number of nitrogens with zero attached hydrogens (tertiary/aromatic N) is 1. The molecule has 142 valence electrons. The Bertz CT molecular complexity index is 1050. The van der Waals surface area contributed by atoms with Gasteiger partial charge in [0.05, 0.1) is 23.2 Å². The molecule has 0 aliphatic carbocycles. The summed E-state index contributed by atoms with van der Waals surface area (Å²) >= 11 is 0. The van der Waals surface area contributed by atoms with E-state index in [1.165, 1.54) is 12.1 Å². The Kier molecular flexibility index (Phi) is 5.86. The smallest absolute Gasteiger partial charge is 0.273 e. The number of rotatable bonds is 6. The molecular formula is C21H19N3O3S. The number of nitrogens with one attached hydrogen (secondary N) is 2. The predicted octanol–water partition coefficient (Wildman–Crippen LogP) is 3.24. The maximum absolute atomic E-state index is 12.7. The summed E-state index contributed by atoms with van der Waals surface area (Å²) in [6.45, 7) is 0. The molecule has 0 aliphatic rings. The molecule has 0 atom stereocenters. The molecule has 0 aliphatic heterocycles. The second kappa shape index (κ2) is 8.49. The Morgan fingerprint density at radius 3 is 1.82 bits per heavy atom. The van der Waals surface area contributed by atoms with Crippen molar-refractivity contribution in [1.82, 2.24) is 5.43 Å². The zero-order valence-corrected chi connectivity index (χ0v) is 16.0. The molecule has 3 rings (SSSR count). The van der Waals surface area contributed by atoms with Crippen LogP contribution in [-0.2, 0) is 10.0 Å². The third-order valence-corrected chi connectivity index (χ3v) is 4.42. The van der Waals surface area contributed by atoms with Crippen LogP contribution in [0, 0.1) is 0 Å². The number of amides is 1. The maximum Gasteiger partial charge on any atom is 0.273 e.